The van der Waals surface area contributed by atoms with Crippen molar-refractivity contribution in [3.8, 4) is 67.8 Å². The SMILES string of the molecule is c1ccc(-c2cccc(-c3cccc(-c4nc(-c5ccccc5)nc(-n5c6ccccc6c6c5ccc5c7ccccc7n(-c7ccc(-c8ccc9c%10ccccc%10c%10ccccc%10c9c8)cc7)c56)n4)c3)c2)cc1. The molecule has 344 valence electrons. The lowest BCUT2D eigenvalue weighted by molar-refractivity contribution is 0.953. The minimum atomic E-state index is 0.555. The van der Waals surface area contributed by atoms with E-state index in [1.165, 1.54) is 65.3 Å². The number of hydrogen-bond acceptors (Lipinski definition) is 3. The van der Waals surface area contributed by atoms with Crippen LogP contribution in [0, 0.1) is 0 Å². The van der Waals surface area contributed by atoms with Gasteiger partial charge in [-0.1, -0.05) is 212 Å². The number of para-hydroxylation sites is 2. The molecular weight excluding hydrogens is 899 g/mol. The van der Waals surface area contributed by atoms with E-state index in [0.717, 1.165) is 60.8 Å². The number of hydrogen-bond donors (Lipinski definition) is 0. The Balaban J connectivity index is 0.903. The summed E-state index contributed by atoms with van der Waals surface area (Å²) in [7, 11) is 0. The largest absolute Gasteiger partial charge is 0.309 e. The van der Waals surface area contributed by atoms with Gasteiger partial charge in [0.15, 0.2) is 11.6 Å². The molecule has 0 N–H and O–H groups in total. The molecule has 0 unspecified atom stereocenters. The Morgan fingerprint density at radius 2 is 0.662 bits per heavy atom. The first-order chi connectivity index (χ1) is 36.7. The van der Waals surface area contributed by atoms with Crippen molar-refractivity contribution in [2.45, 2.75) is 0 Å². The van der Waals surface area contributed by atoms with Gasteiger partial charge < -0.3 is 4.57 Å². The molecule has 0 amide bonds. The second-order valence-corrected chi connectivity index (χ2v) is 19.1. The number of aromatic nitrogens is 5. The highest BCUT2D eigenvalue weighted by molar-refractivity contribution is 6.27. The Hall–Kier alpha value is -9.97. The van der Waals surface area contributed by atoms with Gasteiger partial charge in [-0.15, -0.1) is 0 Å². The topological polar surface area (TPSA) is 48.5 Å². The molecular formula is C69H43N5. The van der Waals surface area contributed by atoms with Crippen LogP contribution in [0.5, 0.6) is 0 Å². The predicted octanol–water partition coefficient (Wildman–Crippen LogP) is 17.9. The van der Waals surface area contributed by atoms with Gasteiger partial charge in [-0.05, 0) is 114 Å². The molecule has 0 radical (unpaired) electrons. The van der Waals surface area contributed by atoms with Crippen LogP contribution in [0.2, 0.25) is 0 Å². The Bertz CT molecular complexity index is 4670. The van der Waals surface area contributed by atoms with Crippen LogP contribution in [-0.4, -0.2) is 24.1 Å². The molecule has 3 heterocycles. The van der Waals surface area contributed by atoms with E-state index in [1.807, 2.05) is 18.2 Å². The molecule has 0 bridgehead atoms. The lowest BCUT2D eigenvalue weighted by Gasteiger charge is -2.13. The third-order valence-electron chi connectivity index (χ3n) is 15.0. The minimum absolute atomic E-state index is 0.555. The fourth-order valence-electron chi connectivity index (χ4n) is 11.5. The predicted molar refractivity (Wildman–Crippen MR) is 308 cm³/mol. The fourth-order valence-corrected chi connectivity index (χ4v) is 11.5. The standard InChI is InChI=1S/C69H43N5/c1-3-17-44(18-4-1)47-21-15-22-48(41-47)49-23-16-24-51(42-49)68-70-67(46-19-5-2-6-20-46)71-69(72-68)74-63-32-14-12-30-60(63)65-64(74)40-39-59-58-29-11-13-31-62(58)73(66(59)65)52-36-33-45(34-37-52)50-35-38-57-55-27-8-7-25-53(55)54-26-9-10-28-56(54)61(57)43-50/h1-43H. The van der Waals surface area contributed by atoms with Crippen molar-refractivity contribution < 1.29 is 0 Å². The molecule has 74 heavy (non-hydrogen) atoms. The van der Waals surface area contributed by atoms with Gasteiger partial charge >= 0.3 is 0 Å². The zero-order valence-corrected chi connectivity index (χ0v) is 40.1. The molecule has 5 heteroatoms. The maximum Gasteiger partial charge on any atom is 0.238 e. The Morgan fingerprint density at radius 3 is 1.32 bits per heavy atom. The van der Waals surface area contributed by atoms with E-state index in [-0.39, 0.29) is 0 Å². The zero-order chi connectivity index (χ0) is 48.7. The lowest BCUT2D eigenvalue weighted by atomic mass is 9.92. The summed E-state index contributed by atoms with van der Waals surface area (Å²) in [6, 6.07) is 93.5. The molecule has 0 aliphatic heterocycles. The molecule has 0 aliphatic rings. The first-order valence-electron chi connectivity index (χ1n) is 25.2. The van der Waals surface area contributed by atoms with Crippen molar-refractivity contribution in [1.29, 1.82) is 0 Å². The Kier molecular flexibility index (Phi) is 9.50. The van der Waals surface area contributed by atoms with Crippen molar-refractivity contribution >= 4 is 75.9 Å². The summed E-state index contributed by atoms with van der Waals surface area (Å²) < 4.78 is 4.67. The number of rotatable bonds is 7. The molecule has 0 spiro atoms. The van der Waals surface area contributed by atoms with Crippen molar-refractivity contribution in [2.75, 3.05) is 0 Å². The molecule has 15 rings (SSSR count). The summed E-state index contributed by atoms with van der Waals surface area (Å²) in [5.74, 6) is 1.76. The highest BCUT2D eigenvalue weighted by Crippen LogP contribution is 2.43. The first kappa shape index (κ1) is 41.8. The molecule has 0 aliphatic carbocycles. The average Bonchev–Trinajstić information content (AvgIpc) is 4.01. The summed E-state index contributed by atoms with van der Waals surface area (Å²) >= 11 is 0. The van der Waals surface area contributed by atoms with Gasteiger partial charge in [-0.25, -0.2) is 4.98 Å². The summed E-state index contributed by atoms with van der Waals surface area (Å²) in [5, 5.41) is 12.3. The van der Waals surface area contributed by atoms with E-state index in [1.54, 1.807) is 0 Å². The fraction of sp³-hybridized carbons (Fsp3) is 0. The Morgan fingerprint density at radius 1 is 0.230 bits per heavy atom. The van der Waals surface area contributed by atoms with E-state index in [4.69, 9.17) is 15.0 Å². The van der Waals surface area contributed by atoms with Crippen molar-refractivity contribution in [3.05, 3.63) is 261 Å². The third-order valence-corrected chi connectivity index (χ3v) is 15.0. The van der Waals surface area contributed by atoms with E-state index >= 15 is 0 Å². The number of benzene rings is 12. The quantitative estimate of drug-likeness (QED) is 0.150. The molecule has 15 aromatic rings. The average molecular weight is 942 g/mol. The maximum absolute atomic E-state index is 5.40. The monoisotopic (exact) mass is 941 g/mol. The molecule has 3 aromatic heterocycles. The molecule has 5 nitrogen and oxygen atoms in total. The van der Waals surface area contributed by atoms with Crippen molar-refractivity contribution in [2.24, 2.45) is 0 Å². The summed E-state index contributed by atoms with van der Waals surface area (Å²) in [5.41, 5.74) is 14.1. The van der Waals surface area contributed by atoms with Gasteiger partial charge in [0, 0.05) is 38.4 Å². The highest BCUT2D eigenvalue weighted by Gasteiger charge is 2.23. The van der Waals surface area contributed by atoms with E-state index in [0.29, 0.717) is 17.6 Å². The van der Waals surface area contributed by atoms with E-state index in [9.17, 15) is 0 Å². The van der Waals surface area contributed by atoms with Crippen LogP contribution in [0.4, 0.5) is 0 Å². The molecule has 0 fully saturated rings. The second-order valence-electron chi connectivity index (χ2n) is 19.1. The van der Waals surface area contributed by atoms with Gasteiger partial charge in [-0.2, -0.15) is 9.97 Å². The minimum Gasteiger partial charge on any atom is -0.309 e. The Labute approximate surface area is 426 Å². The van der Waals surface area contributed by atoms with Gasteiger partial charge in [0.1, 0.15) is 0 Å². The van der Waals surface area contributed by atoms with Gasteiger partial charge in [0.2, 0.25) is 5.95 Å². The highest BCUT2D eigenvalue weighted by atomic mass is 15.2. The van der Waals surface area contributed by atoms with Crippen LogP contribution in [-0.2, 0) is 0 Å². The van der Waals surface area contributed by atoms with Crippen LogP contribution >= 0.6 is 0 Å². The molecule has 0 saturated heterocycles. The zero-order valence-electron chi connectivity index (χ0n) is 40.1. The van der Waals surface area contributed by atoms with Crippen molar-refractivity contribution in [1.82, 2.24) is 24.1 Å². The van der Waals surface area contributed by atoms with Gasteiger partial charge in [0.05, 0.1) is 22.1 Å². The third kappa shape index (κ3) is 6.68. The van der Waals surface area contributed by atoms with Gasteiger partial charge in [-0.3, -0.25) is 4.57 Å². The normalized spacial score (nSPS) is 11.8. The van der Waals surface area contributed by atoms with Crippen LogP contribution in [0.1, 0.15) is 0 Å². The first-order valence-corrected chi connectivity index (χ1v) is 25.2. The van der Waals surface area contributed by atoms with Crippen molar-refractivity contribution in [3.63, 3.8) is 0 Å². The van der Waals surface area contributed by atoms with Crippen LogP contribution in [0.25, 0.3) is 144 Å². The van der Waals surface area contributed by atoms with Crippen LogP contribution in [0.15, 0.2) is 261 Å². The lowest BCUT2D eigenvalue weighted by Crippen LogP contribution is -2.06. The summed E-state index contributed by atoms with van der Waals surface area (Å²) in [4.78, 5) is 15.9. The van der Waals surface area contributed by atoms with Crippen LogP contribution < -0.4 is 0 Å². The summed E-state index contributed by atoms with van der Waals surface area (Å²) in [6.45, 7) is 0. The molecule has 0 atom stereocenters. The second kappa shape index (κ2) is 16.8. The van der Waals surface area contributed by atoms with Gasteiger partial charge in [0.25, 0.3) is 0 Å². The molecule has 0 saturated carbocycles. The number of nitrogens with zero attached hydrogens (tertiary/aromatic N) is 5. The number of fused-ring (bicyclic) bond motifs is 13. The summed E-state index contributed by atoms with van der Waals surface area (Å²) in [6.07, 6.45) is 0. The van der Waals surface area contributed by atoms with Crippen LogP contribution in [0.3, 0.4) is 0 Å². The molecule has 12 aromatic carbocycles. The smallest absolute Gasteiger partial charge is 0.238 e. The van der Waals surface area contributed by atoms with E-state index in [2.05, 4.69) is 252 Å². The maximum atomic E-state index is 5.40. The van der Waals surface area contributed by atoms with E-state index < -0.39 is 0 Å².